The summed E-state index contributed by atoms with van der Waals surface area (Å²) in [5.41, 5.74) is 0. The molecule has 20 heavy (non-hydrogen) atoms. The number of nitrogens with one attached hydrogen (secondary N) is 1. The average Bonchev–Trinajstić information content (AvgIpc) is 2.36. The third kappa shape index (κ3) is 4.99. The van der Waals surface area contributed by atoms with E-state index in [1.54, 1.807) is 0 Å². The maximum atomic E-state index is 11.0. The van der Waals surface area contributed by atoms with Gasteiger partial charge in [0.2, 0.25) is 10.0 Å². The molecule has 1 fully saturated rings. The molecule has 0 aliphatic carbocycles. The fraction of sp³-hybridized carbons (Fsp3) is 0.818. The van der Waals surface area contributed by atoms with Gasteiger partial charge in [-0.05, 0) is 0 Å². The Morgan fingerprint density at radius 1 is 1.30 bits per heavy atom. The first-order chi connectivity index (χ1) is 9.26. The van der Waals surface area contributed by atoms with Gasteiger partial charge in [-0.15, -0.1) is 12.3 Å². The standard InChI is InChI=1S/C11H19NO7S/c1-3-4-5-18-11-10(15)9(14)8(13)7(19-11)6-12-20(2,16)17/h1,7-15H,4-6H2,2H3/t7-,8-,9+,10+,11+/m1/s1. The molecule has 0 amide bonds. The number of sulfonamides is 1. The Balaban J connectivity index is 2.63. The van der Waals surface area contributed by atoms with Crippen LogP contribution in [0.4, 0.5) is 0 Å². The minimum atomic E-state index is -3.47. The molecule has 0 aromatic heterocycles. The Morgan fingerprint density at radius 2 is 1.95 bits per heavy atom. The molecule has 5 atom stereocenters. The quantitative estimate of drug-likeness (QED) is 0.313. The van der Waals surface area contributed by atoms with E-state index in [4.69, 9.17) is 15.9 Å². The molecule has 1 aliphatic rings. The number of aliphatic hydroxyl groups excluding tert-OH is 3. The second kappa shape index (κ2) is 7.33. The van der Waals surface area contributed by atoms with Gasteiger partial charge < -0.3 is 24.8 Å². The molecule has 8 nitrogen and oxygen atoms in total. The van der Waals surface area contributed by atoms with E-state index in [-0.39, 0.29) is 19.6 Å². The number of terminal acetylenes is 1. The monoisotopic (exact) mass is 309 g/mol. The number of hydrogen-bond donors (Lipinski definition) is 4. The van der Waals surface area contributed by atoms with Crippen LogP contribution in [-0.4, -0.2) is 73.9 Å². The van der Waals surface area contributed by atoms with Crippen molar-refractivity contribution in [3.8, 4) is 12.3 Å². The smallest absolute Gasteiger partial charge is 0.208 e. The number of rotatable bonds is 6. The summed E-state index contributed by atoms with van der Waals surface area (Å²) in [5, 5.41) is 29.1. The summed E-state index contributed by atoms with van der Waals surface area (Å²) >= 11 is 0. The molecule has 1 rings (SSSR count). The average molecular weight is 309 g/mol. The lowest BCUT2D eigenvalue weighted by atomic mass is 9.99. The molecule has 0 saturated carbocycles. The van der Waals surface area contributed by atoms with Gasteiger partial charge in [-0.3, -0.25) is 0 Å². The van der Waals surface area contributed by atoms with Gasteiger partial charge >= 0.3 is 0 Å². The zero-order chi connectivity index (χ0) is 15.3. The maximum absolute atomic E-state index is 11.0. The van der Waals surface area contributed by atoms with Crippen molar-refractivity contribution in [2.45, 2.75) is 37.1 Å². The Bertz CT molecular complexity index is 446. The highest BCUT2D eigenvalue weighted by Crippen LogP contribution is 2.22. The van der Waals surface area contributed by atoms with Gasteiger partial charge in [0.15, 0.2) is 6.29 Å². The van der Waals surface area contributed by atoms with Crippen LogP contribution < -0.4 is 4.72 Å². The van der Waals surface area contributed by atoms with Crippen LogP contribution in [-0.2, 0) is 19.5 Å². The SMILES string of the molecule is C#CCCO[C@H]1O[C@H](CNS(C)(=O)=O)[C@@H](O)[C@H](O)[C@@H]1O. The summed E-state index contributed by atoms with van der Waals surface area (Å²) in [6.45, 7) is -0.147. The Kier molecular flexibility index (Phi) is 6.35. The molecular formula is C11H19NO7S. The molecule has 1 aliphatic heterocycles. The first-order valence-electron chi connectivity index (χ1n) is 5.95. The fourth-order valence-electron chi connectivity index (χ4n) is 1.69. The van der Waals surface area contributed by atoms with E-state index >= 15 is 0 Å². The van der Waals surface area contributed by atoms with E-state index in [2.05, 4.69) is 10.6 Å². The fourth-order valence-corrected chi connectivity index (χ4v) is 2.16. The molecule has 0 unspecified atom stereocenters. The van der Waals surface area contributed by atoms with Crippen LogP contribution >= 0.6 is 0 Å². The zero-order valence-corrected chi connectivity index (χ0v) is 11.8. The van der Waals surface area contributed by atoms with Crippen molar-refractivity contribution in [1.82, 2.24) is 4.72 Å². The van der Waals surface area contributed by atoms with Crippen LogP contribution in [0.25, 0.3) is 0 Å². The number of hydrogen-bond acceptors (Lipinski definition) is 7. The van der Waals surface area contributed by atoms with Crippen LogP contribution in [0, 0.1) is 12.3 Å². The maximum Gasteiger partial charge on any atom is 0.208 e. The molecule has 0 radical (unpaired) electrons. The highest BCUT2D eigenvalue weighted by molar-refractivity contribution is 7.88. The molecule has 116 valence electrons. The van der Waals surface area contributed by atoms with Crippen LogP contribution in [0.5, 0.6) is 0 Å². The largest absolute Gasteiger partial charge is 0.388 e. The summed E-state index contributed by atoms with van der Waals surface area (Å²) in [6.07, 6.45) is -0.330. The Hall–Kier alpha value is -0.730. The van der Waals surface area contributed by atoms with Crippen LogP contribution in [0.3, 0.4) is 0 Å². The minimum Gasteiger partial charge on any atom is -0.388 e. The van der Waals surface area contributed by atoms with Gasteiger partial charge in [-0.1, -0.05) is 0 Å². The van der Waals surface area contributed by atoms with Gasteiger partial charge in [-0.25, -0.2) is 13.1 Å². The van der Waals surface area contributed by atoms with Crippen molar-refractivity contribution in [2.24, 2.45) is 0 Å². The molecule has 9 heteroatoms. The van der Waals surface area contributed by atoms with Gasteiger partial charge in [0.1, 0.15) is 24.4 Å². The first kappa shape index (κ1) is 17.3. The summed E-state index contributed by atoms with van der Waals surface area (Å²) in [7, 11) is -3.47. The van der Waals surface area contributed by atoms with E-state index in [1.165, 1.54) is 0 Å². The van der Waals surface area contributed by atoms with E-state index in [9.17, 15) is 23.7 Å². The minimum absolute atomic E-state index is 0.104. The van der Waals surface area contributed by atoms with Crippen LogP contribution in [0.2, 0.25) is 0 Å². The van der Waals surface area contributed by atoms with E-state index in [1.807, 2.05) is 0 Å². The second-order valence-corrected chi connectivity index (χ2v) is 6.29. The van der Waals surface area contributed by atoms with Gasteiger partial charge in [-0.2, -0.15) is 0 Å². The molecule has 0 aromatic carbocycles. The molecule has 0 spiro atoms. The van der Waals surface area contributed by atoms with Crippen molar-refractivity contribution in [2.75, 3.05) is 19.4 Å². The lowest BCUT2D eigenvalue weighted by Crippen LogP contribution is -2.60. The third-order valence-corrected chi connectivity index (χ3v) is 3.43. The predicted octanol–water partition coefficient (Wildman–Crippen LogP) is -2.62. The third-order valence-electron chi connectivity index (χ3n) is 2.74. The van der Waals surface area contributed by atoms with Crippen LogP contribution in [0.15, 0.2) is 0 Å². The predicted molar refractivity (Wildman–Crippen MR) is 68.9 cm³/mol. The van der Waals surface area contributed by atoms with E-state index < -0.39 is 40.7 Å². The molecule has 1 heterocycles. The normalized spacial score (nSPS) is 34.6. The van der Waals surface area contributed by atoms with Gasteiger partial charge in [0.05, 0.1) is 12.9 Å². The highest BCUT2D eigenvalue weighted by Gasteiger charge is 2.44. The van der Waals surface area contributed by atoms with Crippen LogP contribution in [0.1, 0.15) is 6.42 Å². The van der Waals surface area contributed by atoms with Crippen molar-refractivity contribution in [3.05, 3.63) is 0 Å². The lowest BCUT2D eigenvalue weighted by Gasteiger charge is -2.40. The summed E-state index contributed by atoms with van der Waals surface area (Å²) in [5.74, 6) is 2.33. The Morgan fingerprint density at radius 3 is 2.50 bits per heavy atom. The molecule has 0 bridgehead atoms. The van der Waals surface area contributed by atoms with Crippen molar-refractivity contribution < 1.29 is 33.2 Å². The second-order valence-electron chi connectivity index (χ2n) is 4.46. The van der Waals surface area contributed by atoms with Gasteiger partial charge in [0.25, 0.3) is 0 Å². The van der Waals surface area contributed by atoms with Crippen molar-refractivity contribution in [3.63, 3.8) is 0 Å². The summed E-state index contributed by atoms with van der Waals surface area (Å²) < 4.78 is 34.6. The van der Waals surface area contributed by atoms with E-state index in [0.29, 0.717) is 0 Å². The molecular weight excluding hydrogens is 290 g/mol. The topological polar surface area (TPSA) is 125 Å². The zero-order valence-electron chi connectivity index (χ0n) is 11.0. The number of aliphatic hydroxyl groups is 3. The molecule has 0 aromatic rings. The highest BCUT2D eigenvalue weighted by atomic mass is 32.2. The lowest BCUT2D eigenvalue weighted by molar-refractivity contribution is -0.294. The molecule has 4 N–H and O–H groups in total. The first-order valence-corrected chi connectivity index (χ1v) is 7.84. The number of ether oxygens (including phenoxy) is 2. The Labute approximate surface area is 117 Å². The molecule has 1 saturated heterocycles. The van der Waals surface area contributed by atoms with Gasteiger partial charge in [0, 0.05) is 13.0 Å². The van der Waals surface area contributed by atoms with Crippen molar-refractivity contribution in [1.29, 1.82) is 0 Å². The summed E-state index contributed by atoms with van der Waals surface area (Å²) in [6, 6.07) is 0. The summed E-state index contributed by atoms with van der Waals surface area (Å²) in [4.78, 5) is 0. The van der Waals surface area contributed by atoms with Crippen molar-refractivity contribution >= 4 is 10.0 Å². The van der Waals surface area contributed by atoms with E-state index in [0.717, 1.165) is 6.26 Å².